The molecule has 2 aromatic heterocycles. The summed E-state index contributed by atoms with van der Waals surface area (Å²) in [7, 11) is 1.47. The number of aromatic nitrogens is 2. The number of ether oxygens (including phenoxy) is 1. The SMILES string of the molecule is COc1coc(CN2CCCCC2CCn2cccn2)cc1=O. The largest absolute Gasteiger partial charge is 0.490 e. The van der Waals surface area contributed by atoms with Gasteiger partial charge in [0.1, 0.15) is 12.0 Å². The summed E-state index contributed by atoms with van der Waals surface area (Å²) >= 11 is 0. The lowest BCUT2D eigenvalue weighted by Gasteiger charge is -2.35. The Hall–Kier alpha value is -2.08. The van der Waals surface area contributed by atoms with Crippen molar-refractivity contribution in [2.45, 2.75) is 44.8 Å². The predicted octanol–water partition coefficient (Wildman–Crippen LogP) is 2.29. The molecule has 124 valence electrons. The Balaban J connectivity index is 1.64. The summed E-state index contributed by atoms with van der Waals surface area (Å²) in [5.74, 6) is 0.949. The second-order valence-corrected chi connectivity index (χ2v) is 5.96. The normalized spacial score (nSPS) is 18.9. The maximum Gasteiger partial charge on any atom is 0.227 e. The lowest BCUT2D eigenvalue weighted by atomic mass is 9.99. The minimum absolute atomic E-state index is 0.126. The summed E-state index contributed by atoms with van der Waals surface area (Å²) in [6.07, 6.45) is 9.90. The van der Waals surface area contributed by atoms with Gasteiger partial charge in [0.15, 0.2) is 0 Å². The van der Waals surface area contributed by atoms with Crippen molar-refractivity contribution in [2.75, 3.05) is 13.7 Å². The van der Waals surface area contributed by atoms with Gasteiger partial charge in [-0.3, -0.25) is 14.4 Å². The van der Waals surface area contributed by atoms with Crippen LogP contribution in [0.15, 0.2) is 40.0 Å². The van der Waals surface area contributed by atoms with Crippen molar-refractivity contribution in [3.63, 3.8) is 0 Å². The lowest BCUT2D eigenvalue weighted by molar-refractivity contribution is 0.117. The van der Waals surface area contributed by atoms with Crippen LogP contribution in [0.5, 0.6) is 5.75 Å². The molecule has 0 bridgehead atoms. The summed E-state index contributed by atoms with van der Waals surface area (Å²) in [4.78, 5) is 14.3. The number of hydrogen-bond acceptors (Lipinski definition) is 5. The molecule has 23 heavy (non-hydrogen) atoms. The minimum Gasteiger partial charge on any atom is -0.490 e. The van der Waals surface area contributed by atoms with E-state index in [2.05, 4.69) is 10.00 Å². The zero-order valence-electron chi connectivity index (χ0n) is 13.5. The van der Waals surface area contributed by atoms with Gasteiger partial charge in [-0.15, -0.1) is 0 Å². The van der Waals surface area contributed by atoms with Crippen LogP contribution in [0, 0.1) is 0 Å². The summed E-state index contributed by atoms with van der Waals surface area (Å²) in [5.41, 5.74) is -0.126. The maximum atomic E-state index is 11.9. The molecule has 1 saturated heterocycles. The highest BCUT2D eigenvalue weighted by molar-refractivity contribution is 5.17. The third kappa shape index (κ3) is 4.01. The summed E-state index contributed by atoms with van der Waals surface area (Å²) in [6.45, 7) is 2.63. The van der Waals surface area contributed by atoms with E-state index in [1.54, 1.807) is 0 Å². The molecule has 0 amide bonds. The smallest absolute Gasteiger partial charge is 0.227 e. The number of piperidine rings is 1. The van der Waals surface area contributed by atoms with Crippen molar-refractivity contribution < 1.29 is 9.15 Å². The van der Waals surface area contributed by atoms with Crippen molar-refractivity contribution in [1.29, 1.82) is 0 Å². The first kappa shape index (κ1) is 15.8. The van der Waals surface area contributed by atoms with Gasteiger partial charge in [0, 0.05) is 31.0 Å². The molecule has 1 atom stereocenters. The number of likely N-dealkylation sites (tertiary alicyclic amines) is 1. The molecule has 1 aliphatic heterocycles. The third-order valence-corrected chi connectivity index (χ3v) is 4.43. The van der Waals surface area contributed by atoms with E-state index in [4.69, 9.17) is 9.15 Å². The van der Waals surface area contributed by atoms with E-state index in [0.29, 0.717) is 18.3 Å². The van der Waals surface area contributed by atoms with Crippen LogP contribution in [0.3, 0.4) is 0 Å². The van der Waals surface area contributed by atoms with Gasteiger partial charge in [-0.1, -0.05) is 6.42 Å². The Bertz CT molecular complexity index is 666. The first-order chi connectivity index (χ1) is 11.3. The standard InChI is InChI=1S/C17H23N3O3/c1-22-17-13-23-15(11-16(17)21)12-19-8-3-2-5-14(19)6-10-20-9-4-7-18-20/h4,7,9,11,13-14H,2-3,5-6,8,10,12H2,1H3. The van der Waals surface area contributed by atoms with Gasteiger partial charge in [-0.25, -0.2) is 0 Å². The molecule has 1 fully saturated rings. The van der Waals surface area contributed by atoms with Crippen molar-refractivity contribution in [1.82, 2.24) is 14.7 Å². The molecule has 0 aliphatic carbocycles. The monoisotopic (exact) mass is 317 g/mol. The van der Waals surface area contributed by atoms with Gasteiger partial charge in [0.05, 0.1) is 13.7 Å². The van der Waals surface area contributed by atoms with E-state index in [1.807, 2.05) is 23.1 Å². The fourth-order valence-electron chi connectivity index (χ4n) is 3.18. The number of rotatable bonds is 6. The summed E-state index contributed by atoms with van der Waals surface area (Å²) < 4.78 is 12.5. The van der Waals surface area contributed by atoms with Crippen LogP contribution < -0.4 is 10.2 Å². The highest BCUT2D eigenvalue weighted by atomic mass is 16.5. The second kappa shape index (κ2) is 7.46. The Labute approximate surface area is 135 Å². The van der Waals surface area contributed by atoms with E-state index in [1.165, 1.54) is 38.7 Å². The maximum absolute atomic E-state index is 11.9. The third-order valence-electron chi connectivity index (χ3n) is 4.43. The van der Waals surface area contributed by atoms with Crippen LogP contribution in [0.4, 0.5) is 0 Å². The van der Waals surface area contributed by atoms with Crippen LogP contribution >= 0.6 is 0 Å². The Kier molecular flexibility index (Phi) is 5.12. The average molecular weight is 317 g/mol. The van der Waals surface area contributed by atoms with Gasteiger partial charge < -0.3 is 9.15 Å². The molecule has 0 radical (unpaired) electrons. The molecule has 2 aromatic rings. The number of methoxy groups -OCH3 is 1. The van der Waals surface area contributed by atoms with E-state index in [0.717, 1.165) is 19.5 Å². The predicted molar refractivity (Wildman–Crippen MR) is 86.4 cm³/mol. The number of aryl methyl sites for hydroxylation is 1. The van der Waals surface area contributed by atoms with Crippen LogP contribution in [-0.4, -0.2) is 34.4 Å². The topological polar surface area (TPSA) is 60.5 Å². The summed E-state index contributed by atoms with van der Waals surface area (Å²) in [6, 6.07) is 3.99. The van der Waals surface area contributed by atoms with Gasteiger partial charge in [-0.2, -0.15) is 5.10 Å². The van der Waals surface area contributed by atoms with Crippen LogP contribution in [-0.2, 0) is 13.1 Å². The first-order valence-corrected chi connectivity index (χ1v) is 8.13. The van der Waals surface area contributed by atoms with Crippen LogP contribution in [0.1, 0.15) is 31.4 Å². The molecule has 6 heteroatoms. The molecule has 3 rings (SSSR count). The number of nitrogens with zero attached hydrogens (tertiary/aromatic N) is 3. The summed E-state index contributed by atoms with van der Waals surface area (Å²) in [5, 5.41) is 4.26. The lowest BCUT2D eigenvalue weighted by Crippen LogP contribution is -2.39. The molecule has 1 unspecified atom stereocenters. The van der Waals surface area contributed by atoms with E-state index in [-0.39, 0.29) is 11.2 Å². The van der Waals surface area contributed by atoms with Crippen molar-refractivity contribution in [3.05, 3.63) is 46.8 Å². The zero-order chi connectivity index (χ0) is 16.1. The van der Waals surface area contributed by atoms with E-state index in [9.17, 15) is 4.79 Å². The second-order valence-electron chi connectivity index (χ2n) is 5.96. The molecule has 0 spiro atoms. The average Bonchev–Trinajstić information content (AvgIpc) is 3.08. The molecule has 1 aliphatic rings. The van der Waals surface area contributed by atoms with Crippen LogP contribution in [0.25, 0.3) is 0 Å². The first-order valence-electron chi connectivity index (χ1n) is 8.13. The van der Waals surface area contributed by atoms with Gasteiger partial charge in [-0.05, 0) is 31.9 Å². The zero-order valence-corrected chi connectivity index (χ0v) is 13.5. The van der Waals surface area contributed by atoms with Gasteiger partial charge in [0.25, 0.3) is 0 Å². The van der Waals surface area contributed by atoms with E-state index >= 15 is 0 Å². The van der Waals surface area contributed by atoms with Crippen molar-refractivity contribution in [3.8, 4) is 5.75 Å². The Morgan fingerprint density at radius 2 is 2.35 bits per heavy atom. The fraction of sp³-hybridized carbons (Fsp3) is 0.529. The molecular weight excluding hydrogens is 294 g/mol. The highest BCUT2D eigenvalue weighted by Crippen LogP contribution is 2.22. The van der Waals surface area contributed by atoms with E-state index < -0.39 is 0 Å². The van der Waals surface area contributed by atoms with Crippen molar-refractivity contribution in [2.24, 2.45) is 0 Å². The molecule has 6 nitrogen and oxygen atoms in total. The van der Waals surface area contributed by atoms with Crippen LogP contribution in [0.2, 0.25) is 0 Å². The molecule has 0 saturated carbocycles. The quantitative estimate of drug-likeness (QED) is 0.818. The fourth-order valence-corrected chi connectivity index (χ4v) is 3.18. The molecule has 3 heterocycles. The van der Waals surface area contributed by atoms with Crippen molar-refractivity contribution >= 4 is 0 Å². The minimum atomic E-state index is -0.126. The number of hydrogen-bond donors (Lipinski definition) is 0. The Morgan fingerprint density at radius 3 is 3.09 bits per heavy atom. The molecule has 0 N–H and O–H groups in total. The highest BCUT2D eigenvalue weighted by Gasteiger charge is 2.23. The van der Waals surface area contributed by atoms with Gasteiger partial charge in [0.2, 0.25) is 11.2 Å². The Morgan fingerprint density at radius 1 is 1.43 bits per heavy atom. The molecule has 0 aromatic carbocycles. The van der Waals surface area contributed by atoms with Gasteiger partial charge >= 0.3 is 0 Å². The molecular formula is C17H23N3O3.